The highest BCUT2D eigenvalue weighted by Crippen LogP contribution is 2.36. The van der Waals surface area contributed by atoms with Crippen LogP contribution in [0.1, 0.15) is 26.3 Å². The third kappa shape index (κ3) is 1.49. The maximum Gasteiger partial charge on any atom is 0.197 e. The van der Waals surface area contributed by atoms with Crippen LogP contribution in [0.15, 0.2) is 24.3 Å². The molecule has 0 radical (unpaired) electrons. The number of para-hydroxylation sites is 1. The number of nitrogens with zero attached hydrogens (tertiary/aromatic N) is 1. The zero-order valence-corrected chi connectivity index (χ0v) is 10.7. The molecule has 1 aromatic heterocycles. The standard InChI is InChI=1S/C14H19NO/c1-10-11-8-6-7-9-12(11)15(13(10)16-5)14(2,3)4/h6-9H,1-5H3. The molecule has 0 aliphatic heterocycles. The van der Waals surface area contributed by atoms with Crippen LogP contribution in [-0.2, 0) is 5.54 Å². The molecule has 16 heavy (non-hydrogen) atoms. The molecule has 0 spiro atoms. The summed E-state index contributed by atoms with van der Waals surface area (Å²) in [7, 11) is 1.74. The lowest BCUT2D eigenvalue weighted by molar-refractivity contribution is 0.314. The van der Waals surface area contributed by atoms with E-state index in [1.807, 2.05) is 0 Å². The fraction of sp³-hybridized carbons (Fsp3) is 0.429. The smallest absolute Gasteiger partial charge is 0.197 e. The van der Waals surface area contributed by atoms with Crippen LogP contribution >= 0.6 is 0 Å². The summed E-state index contributed by atoms with van der Waals surface area (Å²) in [5.74, 6) is 0.966. The summed E-state index contributed by atoms with van der Waals surface area (Å²) in [6, 6.07) is 8.44. The molecule has 0 aliphatic rings. The highest BCUT2D eigenvalue weighted by atomic mass is 16.5. The zero-order chi connectivity index (χ0) is 11.9. The van der Waals surface area contributed by atoms with Crippen molar-refractivity contribution in [2.75, 3.05) is 7.11 Å². The SMILES string of the molecule is COc1c(C)c2ccccc2n1C(C)(C)C. The molecule has 0 saturated carbocycles. The van der Waals surface area contributed by atoms with Gasteiger partial charge in [-0.1, -0.05) is 18.2 Å². The summed E-state index contributed by atoms with van der Waals surface area (Å²) in [6.07, 6.45) is 0. The topological polar surface area (TPSA) is 14.2 Å². The van der Waals surface area contributed by atoms with Crippen LogP contribution < -0.4 is 4.74 Å². The van der Waals surface area contributed by atoms with Gasteiger partial charge < -0.3 is 9.30 Å². The molecule has 0 atom stereocenters. The molecule has 86 valence electrons. The molecular weight excluding hydrogens is 198 g/mol. The minimum atomic E-state index is 0.0270. The first-order valence-electron chi connectivity index (χ1n) is 5.61. The molecule has 2 heteroatoms. The fourth-order valence-electron chi connectivity index (χ4n) is 2.29. The van der Waals surface area contributed by atoms with Crippen molar-refractivity contribution in [1.29, 1.82) is 0 Å². The van der Waals surface area contributed by atoms with Gasteiger partial charge >= 0.3 is 0 Å². The summed E-state index contributed by atoms with van der Waals surface area (Å²) in [5, 5.41) is 1.27. The Kier molecular flexibility index (Phi) is 2.45. The first kappa shape index (κ1) is 11.1. The first-order chi connectivity index (χ1) is 7.46. The molecule has 0 aliphatic carbocycles. The summed E-state index contributed by atoms with van der Waals surface area (Å²) >= 11 is 0. The van der Waals surface area contributed by atoms with Gasteiger partial charge in [0, 0.05) is 16.5 Å². The Morgan fingerprint density at radius 2 is 1.75 bits per heavy atom. The zero-order valence-electron chi connectivity index (χ0n) is 10.7. The summed E-state index contributed by atoms with van der Waals surface area (Å²) in [5.41, 5.74) is 2.48. The van der Waals surface area contributed by atoms with E-state index in [1.165, 1.54) is 16.5 Å². The molecule has 0 bridgehead atoms. The minimum Gasteiger partial charge on any atom is -0.482 e. The maximum atomic E-state index is 5.55. The minimum absolute atomic E-state index is 0.0270. The third-order valence-corrected chi connectivity index (χ3v) is 2.94. The Hall–Kier alpha value is -1.44. The van der Waals surface area contributed by atoms with Crippen LogP contribution in [0.25, 0.3) is 10.9 Å². The van der Waals surface area contributed by atoms with Crippen molar-refractivity contribution in [1.82, 2.24) is 4.57 Å². The van der Waals surface area contributed by atoms with E-state index < -0.39 is 0 Å². The Morgan fingerprint density at radius 1 is 1.12 bits per heavy atom. The highest BCUT2D eigenvalue weighted by molar-refractivity contribution is 5.86. The first-order valence-corrected chi connectivity index (χ1v) is 5.61. The summed E-state index contributed by atoms with van der Waals surface area (Å²) in [4.78, 5) is 0. The molecule has 0 N–H and O–H groups in total. The lowest BCUT2D eigenvalue weighted by atomic mass is 10.1. The molecule has 1 aromatic carbocycles. The van der Waals surface area contributed by atoms with Gasteiger partial charge in [0.15, 0.2) is 5.88 Å². The van der Waals surface area contributed by atoms with Crippen molar-refractivity contribution in [3.8, 4) is 5.88 Å². The van der Waals surface area contributed by atoms with Crippen molar-refractivity contribution in [2.24, 2.45) is 0 Å². The lowest BCUT2D eigenvalue weighted by Gasteiger charge is -2.25. The van der Waals surface area contributed by atoms with E-state index >= 15 is 0 Å². The second-order valence-corrected chi connectivity index (χ2v) is 5.16. The number of benzene rings is 1. The van der Waals surface area contributed by atoms with Crippen molar-refractivity contribution < 1.29 is 4.74 Å². The largest absolute Gasteiger partial charge is 0.482 e. The second-order valence-electron chi connectivity index (χ2n) is 5.16. The van der Waals surface area contributed by atoms with E-state index in [0.717, 1.165) is 5.88 Å². The number of methoxy groups -OCH3 is 1. The van der Waals surface area contributed by atoms with E-state index in [-0.39, 0.29) is 5.54 Å². The molecule has 2 nitrogen and oxygen atoms in total. The third-order valence-electron chi connectivity index (χ3n) is 2.94. The van der Waals surface area contributed by atoms with E-state index in [1.54, 1.807) is 7.11 Å². The molecule has 1 heterocycles. The maximum absolute atomic E-state index is 5.55. The summed E-state index contributed by atoms with van der Waals surface area (Å²) in [6.45, 7) is 8.70. The van der Waals surface area contributed by atoms with Crippen LogP contribution in [0, 0.1) is 6.92 Å². The fourth-order valence-corrected chi connectivity index (χ4v) is 2.29. The van der Waals surface area contributed by atoms with Crippen LogP contribution in [0.2, 0.25) is 0 Å². The predicted molar refractivity (Wildman–Crippen MR) is 68.2 cm³/mol. The number of fused-ring (bicyclic) bond motifs is 1. The number of hydrogen-bond acceptors (Lipinski definition) is 1. The van der Waals surface area contributed by atoms with Crippen LogP contribution in [0.3, 0.4) is 0 Å². The van der Waals surface area contributed by atoms with Gasteiger partial charge in [-0.15, -0.1) is 0 Å². The van der Waals surface area contributed by atoms with E-state index in [0.29, 0.717) is 0 Å². The van der Waals surface area contributed by atoms with Gasteiger partial charge in [0.25, 0.3) is 0 Å². The molecule has 2 rings (SSSR count). The van der Waals surface area contributed by atoms with Crippen molar-refractivity contribution >= 4 is 10.9 Å². The molecule has 0 fully saturated rings. The van der Waals surface area contributed by atoms with Gasteiger partial charge in [-0.2, -0.15) is 0 Å². The normalized spacial score (nSPS) is 12.1. The molecule has 0 saturated heterocycles. The lowest BCUT2D eigenvalue weighted by Crippen LogP contribution is -2.22. The second kappa shape index (κ2) is 3.55. The average molecular weight is 217 g/mol. The van der Waals surface area contributed by atoms with Crippen LogP contribution in [-0.4, -0.2) is 11.7 Å². The number of aryl methyl sites for hydroxylation is 1. The quantitative estimate of drug-likeness (QED) is 0.710. The monoisotopic (exact) mass is 217 g/mol. The predicted octanol–water partition coefficient (Wildman–Crippen LogP) is 3.71. The molecule has 2 aromatic rings. The van der Waals surface area contributed by atoms with Crippen molar-refractivity contribution in [3.63, 3.8) is 0 Å². The van der Waals surface area contributed by atoms with E-state index in [9.17, 15) is 0 Å². The highest BCUT2D eigenvalue weighted by Gasteiger charge is 2.23. The Bertz CT molecular complexity index is 517. The van der Waals surface area contributed by atoms with Crippen LogP contribution in [0.5, 0.6) is 5.88 Å². The van der Waals surface area contributed by atoms with Gasteiger partial charge in [0.05, 0.1) is 12.6 Å². The van der Waals surface area contributed by atoms with Crippen LogP contribution in [0.4, 0.5) is 0 Å². The van der Waals surface area contributed by atoms with Gasteiger partial charge in [-0.05, 0) is 33.8 Å². The average Bonchev–Trinajstić information content (AvgIpc) is 2.51. The number of rotatable bonds is 1. The Balaban J connectivity index is 2.89. The van der Waals surface area contributed by atoms with Crippen molar-refractivity contribution in [3.05, 3.63) is 29.8 Å². The van der Waals surface area contributed by atoms with Gasteiger partial charge in [0.2, 0.25) is 0 Å². The van der Waals surface area contributed by atoms with E-state index in [2.05, 4.69) is 56.5 Å². The van der Waals surface area contributed by atoms with Gasteiger partial charge in [0.1, 0.15) is 0 Å². The molecule has 0 amide bonds. The van der Waals surface area contributed by atoms with Gasteiger partial charge in [-0.3, -0.25) is 0 Å². The Labute approximate surface area is 96.8 Å². The number of ether oxygens (including phenoxy) is 1. The molecular formula is C14H19NO. The Morgan fingerprint density at radius 3 is 2.31 bits per heavy atom. The molecule has 0 unspecified atom stereocenters. The number of aromatic nitrogens is 1. The van der Waals surface area contributed by atoms with Crippen molar-refractivity contribution in [2.45, 2.75) is 33.2 Å². The van der Waals surface area contributed by atoms with Gasteiger partial charge in [-0.25, -0.2) is 0 Å². The summed E-state index contributed by atoms with van der Waals surface area (Å²) < 4.78 is 7.81. The van der Waals surface area contributed by atoms with E-state index in [4.69, 9.17) is 4.74 Å². The number of hydrogen-bond donors (Lipinski definition) is 0.